The standard InChI is InChI=1S/C21H22N4O3S2/c1-4-18-13-23-21(29-18)24-20(26)14(3)15-7-6-8-16(11-15)17-9-10-19(22-12-17)25-30(27,28)5-2/h5-14H,2,4H2,1,3H3,(H,22,25)(H,23,24,26). The quantitative estimate of drug-likeness (QED) is 0.539. The van der Waals surface area contributed by atoms with Crippen LogP contribution in [0.25, 0.3) is 11.1 Å². The third-order valence-electron chi connectivity index (χ3n) is 4.48. The van der Waals surface area contributed by atoms with Gasteiger partial charge >= 0.3 is 0 Å². The summed E-state index contributed by atoms with van der Waals surface area (Å²) in [5.41, 5.74) is 2.53. The van der Waals surface area contributed by atoms with E-state index in [1.807, 2.05) is 38.1 Å². The molecule has 0 aliphatic rings. The largest absolute Gasteiger partial charge is 0.301 e. The normalized spacial score (nSPS) is 12.2. The molecule has 2 N–H and O–H groups in total. The lowest BCUT2D eigenvalue weighted by molar-refractivity contribution is -0.117. The lowest BCUT2D eigenvalue weighted by atomic mass is 9.96. The first kappa shape index (κ1) is 21.7. The zero-order valence-electron chi connectivity index (χ0n) is 16.6. The highest BCUT2D eigenvalue weighted by molar-refractivity contribution is 7.95. The van der Waals surface area contributed by atoms with Crippen LogP contribution < -0.4 is 10.0 Å². The molecule has 1 unspecified atom stereocenters. The van der Waals surface area contributed by atoms with Gasteiger partial charge in [0, 0.05) is 28.2 Å². The van der Waals surface area contributed by atoms with Gasteiger partial charge in [-0.2, -0.15) is 0 Å². The number of rotatable bonds is 8. The van der Waals surface area contributed by atoms with Gasteiger partial charge in [0.1, 0.15) is 5.82 Å². The summed E-state index contributed by atoms with van der Waals surface area (Å²) in [5, 5.41) is 4.30. The minimum Gasteiger partial charge on any atom is -0.301 e. The van der Waals surface area contributed by atoms with Gasteiger partial charge in [-0.05, 0) is 36.6 Å². The molecule has 0 aliphatic carbocycles. The summed E-state index contributed by atoms with van der Waals surface area (Å²) in [6.45, 7) is 7.14. The van der Waals surface area contributed by atoms with E-state index in [1.165, 1.54) is 11.3 Å². The smallest absolute Gasteiger partial charge is 0.255 e. The third kappa shape index (κ3) is 5.31. The van der Waals surface area contributed by atoms with E-state index in [0.717, 1.165) is 33.4 Å². The van der Waals surface area contributed by atoms with Gasteiger partial charge in [-0.25, -0.2) is 18.4 Å². The van der Waals surface area contributed by atoms with Crippen LogP contribution in [-0.4, -0.2) is 24.3 Å². The molecule has 0 bridgehead atoms. The molecule has 1 aromatic carbocycles. The van der Waals surface area contributed by atoms with Gasteiger partial charge in [0.05, 0.1) is 5.92 Å². The molecule has 1 atom stereocenters. The lowest BCUT2D eigenvalue weighted by Gasteiger charge is -2.13. The summed E-state index contributed by atoms with van der Waals surface area (Å²) >= 11 is 1.47. The number of nitrogens with one attached hydrogen (secondary N) is 2. The average Bonchev–Trinajstić information content (AvgIpc) is 3.21. The Morgan fingerprint density at radius 3 is 2.63 bits per heavy atom. The summed E-state index contributed by atoms with van der Waals surface area (Å²) in [4.78, 5) is 22.1. The molecular formula is C21H22N4O3S2. The van der Waals surface area contributed by atoms with Crippen molar-refractivity contribution in [1.29, 1.82) is 0 Å². The molecule has 2 aromatic heterocycles. The second-order valence-electron chi connectivity index (χ2n) is 6.57. The van der Waals surface area contributed by atoms with E-state index in [1.54, 1.807) is 24.5 Å². The van der Waals surface area contributed by atoms with E-state index in [2.05, 4.69) is 26.6 Å². The summed E-state index contributed by atoms with van der Waals surface area (Å²) in [6.07, 6.45) is 4.23. The molecule has 2 heterocycles. The second kappa shape index (κ2) is 9.19. The van der Waals surface area contributed by atoms with Crippen molar-refractivity contribution in [2.24, 2.45) is 0 Å². The Morgan fingerprint density at radius 1 is 1.20 bits per heavy atom. The van der Waals surface area contributed by atoms with E-state index in [9.17, 15) is 13.2 Å². The van der Waals surface area contributed by atoms with E-state index >= 15 is 0 Å². The first-order chi connectivity index (χ1) is 14.3. The van der Waals surface area contributed by atoms with Crippen molar-refractivity contribution in [2.75, 3.05) is 10.0 Å². The minimum absolute atomic E-state index is 0.128. The first-order valence-electron chi connectivity index (χ1n) is 9.28. The van der Waals surface area contributed by atoms with Crippen LogP contribution in [0, 0.1) is 0 Å². The Morgan fingerprint density at radius 2 is 2.00 bits per heavy atom. The third-order valence-corrected chi connectivity index (χ3v) is 6.46. The van der Waals surface area contributed by atoms with Crippen LogP contribution in [0.1, 0.15) is 30.2 Å². The number of sulfonamides is 1. The summed E-state index contributed by atoms with van der Waals surface area (Å²) in [6, 6.07) is 10.9. The number of aromatic nitrogens is 2. The Bertz CT molecular complexity index is 1160. The fourth-order valence-corrected chi connectivity index (χ4v) is 3.94. The maximum Gasteiger partial charge on any atom is 0.255 e. The Balaban J connectivity index is 1.75. The Hall–Kier alpha value is -3.04. The number of aryl methyl sites for hydroxylation is 1. The Kier molecular flexibility index (Phi) is 6.63. The van der Waals surface area contributed by atoms with Crippen LogP contribution in [0.3, 0.4) is 0 Å². The van der Waals surface area contributed by atoms with Gasteiger partial charge in [-0.15, -0.1) is 11.3 Å². The van der Waals surface area contributed by atoms with Crippen molar-refractivity contribution in [3.05, 3.63) is 71.2 Å². The van der Waals surface area contributed by atoms with Crippen molar-refractivity contribution >= 4 is 38.2 Å². The van der Waals surface area contributed by atoms with Gasteiger partial charge in [0.25, 0.3) is 10.0 Å². The maximum absolute atomic E-state index is 12.6. The van der Waals surface area contributed by atoms with Gasteiger partial charge in [-0.1, -0.05) is 37.8 Å². The number of anilines is 2. The maximum atomic E-state index is 12.6. The number of hydrogen-bond acceptors (Lipinski definition) is 6. The van der Waals surface area contributed by atoms with Crippen LogP contribution in [-0.2, 0) is 21.2 Å². The monoisotopic (exact) mass is 442 g/mol. The van der Waals surface area contributed by atoms with E-state index in [4.69, 9.17) is 0 Å². The molecule has 9 heteroatoms. The summed E-state index contributed by atoms with van der Waals surface area (Å²) < 4.78 is 25.4. The van der Waals surface area contributed by atoms with Gasteiger partial charge in [0.2, 0.25) is 5.91 Å². The molecule has 0 saturated carbocycles. The van der Waals surface area contributed by atoms with Crippen molar-refractivity contribution in [1.82, 2.24) is 9.97 Å². The number of amides is 1. The van der Waals surface area contributed by atoms with Crippen LogP contribution in [0.5, 0.6) is 0 Å². The highest BCUT2D eigenvalue weighted by Crippen LogP contribution is 2.26. The van der Waals surface area contributed by atoms with Crippen molar-refractivity contribution in [3.8, 4) is 11.1 Å². The topological polar surface area (TPSA) is 101 Å². The molecule has 0 fully saturated rings. The molecule has 3 rings (SSSR count). The van der Waals surface area contributed by atoms with Gasteiger partial charge < -0.3 is 5.32 Å². The molecule has 7 nitrogen and oxygen atoms in total. The molecule has 0 aliphatic heterocycles. The fraction of sp³-hybridized carbons (Fsp3) is 0.190. The van der Waals surface area contributed by atoms with Gasteiger partial charge in [-0.3, -0.25) is 9.52 Å². The van der Waals surface area contributed by atoms with E-state index in [0.29, 0.717) is 5.13 Å². The molecule has 0 spiro atoms. The highest BCUT2D eigenvalue weighted by Gasteiger charge is 2.17. The summed E-state index contributed by atoms with van der Waals surface area (Å²) in [5.74, 6) is -0.292. The molecule has 0 saturated heterocycles. The molecule has 0 radical (unpaired) electrons. The Labute approximate surface area is 180 Å². The number of benzene rings is 1. The van der Waals surface area contributed by atoms with Gasteiger partial charge in [0.15, 0.2) is 5.13 Å². The number of thiazole rings is 1. The van der Waals surface area contributed by atoms with Crippen LogP contribution >= 0.6 is 11.3 Å². The molecular weight excluding hydrogens is 420 g/mol. The molecule has 1 amide bonds. The van der Waals surface area contributed by atoms with Crippen LogP contribution in [0.15, 0.2) is 60.8 Å². The number of carbonyl (C=O) groups excluding carboxylic acids is 1. The molecule has 3 aromatic rings. The zero-order valence-corrected chi connectivity index (χ0v) is 18.3. The number of carbonyl (C=O) groups is 1. The molecule has 156 valence electrons. The fourth-order valence-electron chi connectivity index (χ4n) is 2.69. The zero-order chi connectivity index (χ0) is 21.7. The average molecular weight is 443 g/mol. The minimum atomic E-state index is -3.60. The number of nitrogens with zero attached hydrogens (tertiary/aromatic N) is 2. The van der Waals surface area contributed by atoms with E-state index in [-0.39, 0.29) is 17.6 Å². The predicted molar refractivity (Wildman–Crippen MR) is 121 cm³/mol. The molecule has 30 heavy (non-hydrogen) atoms. The van der Waals surface area contributed by atoms with Crippen LogP contribution in [0.2, 0.25) is 0 Å². The first-order valence-corrected chi connectivity index (χ1v) is 11.6. The van der Waals surface area contributed by atoms with Crippen molar-refractivity contribution in [2.45, 2.75) is 26.2 Å². The predicted octanol–water partition coefficient (Wildman–Crippen LogP) is 4.39. The van der Waals surface area contributed by atoms with Crippen LogP contribution in [0.4, 0.5) is 10.9 Å². The van der Waals surface area contributed by atoms with Crippen molar-refractivity contribution in [3.63, 3.8) is 0 Å². The number of pyridine rings is 1. The second-order valence-corrected chi connectivity index (χ2v) is 9.31. The highest BCUT2D eigenvalue weighted by atomic mass is 32.2. The number of hydrogen-bond donors (Lipinski definition) is 2. The van der Waals surface area contributed by atoms with E-state index < -0.39 is 10.0 Å². The summed E-state index contributed by atoms with van der Waals surface area (Å²) in [7, 11) is -3.60. The van der Waals surface area contributed by atoms with Crippen molar-refractivity contribution < 1.29 is 13.2 Å². The lowest BCUT2D eigenvalue weighted by Crippen LogP contribution is -2.18. The SMILES string of the molecule is C=CS(=O)(=O)Nc1ccc(-c2cccc(C(C)C(=O)Nc3ncc(CC)s3)c2)cn1.